The van der Waals surface area contributed by atoms with Gasteiger partial charge in [0.1, 0.15) is 21.8 Å². The van der Waals surface area contributed by atoms with Gasteiger partial charge in [-0.15, -0.1) is 0 Å². The number of halogens is 2. The molecule has 1 saturated heterocycles. The molecule has 4 heterocycles. The van der Waals surface area contributed by atoms with Crippen LogP contribution in [0.3, 0.4) is 0 Å². The van der Waals surface area contributed by atoms with Crippen LogP contribution in [-0.4, -0.2) is 47.2 Å². The second-order valence-corrected chi connectivity index (χ2v) is 10.7. The van der Waals surface area contributed by atoms with Gasteiger partial charge in [0.2, 0.25) is 5.91 Å². The topological polar surface area (TPSA) is 95.6 Å². The number of piperidine rings is 1. The lowest BCUT2D eigenvalue weighted by atomic mass is 9.98. The van der Waals surface area contributed by atoms with Crippen LogP contribution in [0.25, 0.3) is 0 Å². The van der Waals surface area contributed by atoms with E-state index in [1.807, 2.05) is 49.4 Å². The van der Waals surface area contributed by atoms with Gasteiger partial charge in [-0.2, -0.15) is 0 Å². The van der Waals surface area contributed by atoms with E-state index in [2.05, 4.69) is 20.9 Å². The third kappa shape index (κ3) is 4.56. The minimum atomic E-state index is -2.88. The van der Waals surface area contributed by atoms with Gasteiger partial charge in [0, 0.05) is 30.8 Å². The molecule has 3 atom stereocenters. The number of nitrogens with one attached hydrogen (secondary N) is 3. The van der Waals surface area contributed by atoms with Crippen LogP contribution in [0.2, 0.25) is 0 Å². The summed E-state index contributed by atoms with van der Waals surface area (Å²) in [7, 11) is 0. The van der Waals surface area contributed by atoms with E-state index in [1.54, 1.807) is 23.2 Å². The number of carbonyl (C=O) groups excluding carboxylic acids is 2. The lowest BCUT2D eigenvalue weighted by molar-refractivity contribution is -0.122. The standard InChI is InChI=1S/C27H25F2N5O3S/c1-15-11-18(37-17-5-3-2-4-6-17)7-8-19(15)34-20-9-10-31-25-21(20)22(33-26(34)36)23(38-25)24(35)32-16-12-27(28,29)14-30-13-16/h2-11,16,22-23,30H,12-14H2,1H3,(H,32,35)(H,33,36)/t16?,22?,23-/m1/s1. The molecule has 1 fully saturated rings. The van der Waals surface area contributed by atoms with Crippen molar-refractivity contribution in [2.24, 2.45) is 0 Å². The SMILES string of the molecule is Cc1cc(Oc2ccccc2)ccc1N1C(=O)NC2c3c1ccnc3S[C@H]2C(=O)NC1CNCC(F)(F)C1. The van der Waals surface area contributed by atoms with Gasteiger partial charge < -0.3 is 20.7 Å². The van der Waals surface area contributed by atoms with Gasteiger partial charge in [0.05, 0.1) is 24.0 Å². The maximum Gasteiger partial charge on any atom is 0.327 e. The summed E-state index contributed by atoms with van der Waals surface area (Å²) in [4.78, 5) is 32.6. The van der Waals surface area contributed by atoms with E-state index in [4.69, 9.17) is 4.74 Å². The van der Waals surface area contributed by atoms with Gasteiger partial charge in [0.25, 0.3) is 5.92 Å². The molecule has 0 bridgehead atoms. The highest BCUT2D eigenvalue weighted by Gasteiger charge is 2.47. The normalized spacial score (nSPS) is 23.4. The summed E-state index contributed by atoms with van der Waals surface area (Å²) in [5, 5.41) is 8.28. The fourth-order valence-corrected chi connectivity index (χ4v) is 6.39. The van der Waals surface area contributed by atoms with Gasteiger partial charge in [-0.05, 0) is 48.9 Å². The number of urea groups is 1. The average molecular weight is 538 g/mol. The van der Waals surface area contributed by atoms with Gasteiger partial charge in [-0.25, -0.2) is 18.6 Å². The molecule has 0 spiro atoms. The molecule has 3 N–H and O–H groups in total. The quantitative estimate of drug-likeness (QED) is 0.438. The van der Waals surface area contributed by atoms with Crippen LogP contribution < -0.4 is 25.6 Å². The van der Waals surface area contributed by atoms with Crippen molar-refractivity contribution in [3.05, 3.63) is 71.9 Å². The zero-order valence-electron chi connectivity index (χ0n) is 20.4. The number of pyridine rings is 1. The minimum absolute atomic E-state index is 0.267. The maximum atomic E-state index is 13.8. The van der Waals surface area contributed by atoms with E-state index in [0.29, 0.717) is 27.9 Å². The molecule has 196 valence electrons. The fourth-order valence-electron chi connectivity index (χ4n) is 5.15. The van der Waals surface area contributed by atoms with Crippen LogP contribution in [0.1, 0.15) is 23.6 Å². The second-order valence-electron chi connectivity index (χ2n) is 9.61. The predicted octanol–water partition coefficient (Wildman–Crippen LogP) is 4.67. The molecule has 3 amide bonds. The highest BCUT2D eigenvalue weighted by atomic mass is 32.2. The molecule has 6 rings (SSSR count). The number of hydrogen-bond donors (Lipinski definition) is 3. The number of benzene rings is 2. The molecule has 2 unspecified atom stereocenters. The first-order valence-electron chi connectivity index (χ1n) is 12.3. The Balaban J connectivity index is 1.25. The largest absolute Gasteiger partial charge is 0.457 e. The molecule has 8 nitrogen and oxygen atoms in total. The summed E-state index contributed by atoms with van der Waals surface area (Å²) in [5.41, 5.74) is 2.87. The number of anilines is 2. The van der Waals surface area contributed by atoms with Gasteiger partial charge in [-0.3, -0.25) is 9.69 Å². The second kappa shape index (κ2) is 9.55. The number of nitrogens with zero attached hydrogens (tertiary/aromatic N) is 2. The van der Waals surface area contributed by atoms with E-state index in [-0.39, 0.29) is 12.6 Å². The Morgan fingerprint density at radius 1 is 1.16 bits per heavy atom. The highest BCUT2D eigenvalue weighted by Crippen LogP contribution is 2.51. The Morgan fingerprint density at radius 3 is 2.74 bits per heavy atom. The van der Waals surface area contributed by atoms with Crippen LogP contribution >= 0.6 is 11.8 Å². The van der Waals surface area contributed by atoms with Crippen molar-refractivity contribution >= 4 is 35.1 Å². The lowest BCUT2D eigenvalue weighted by Gasteiger charge is -2.35. The number of alkyl halides is 2. The summed E-state index contributed by atoms with van der Waals surface area (Å²) in [6.45, 7) is 1.76. The summed E-state index contributed by atoms with van der Waals surface area (Å²) < 4.78 is 33.6. The lowest BCUT2D eigenvalue weighted by Crippen LogP contribution is -2.56. The molecule has 11 heteroatoms. The first kappa shape index (κ1) is 24.6. The average Bonchev–Trinajstić information content (AvgIpc) is 3.25. The number of para-hydroxylation sites is 1. The van der Waals surface area contributed by atoms with Crippen LogP contribution in [0, 0.1) is 6.92 Å². The molecule has 3 aliphatic rings. The molecule has 3 aliphatic heterocycles. The predicted molar refractivity (Wildman–Crippen MR) is 139 cm³/mol. The highest BCUT2D eigenvalue weighted by molar-refractivity contribution is 8.01. The molecule has 2 aromatic carbocycles. The van der Waals surface area contributed by atoms with Crippen molar-refractivity contribution < 1.29 is 23.1 Å². The molecule has 3 aromatic rings. The van der Waals surface area contributed by atoms with Crippen LogP contribution in [0.15, 0.2) is 65.8 Å². The van der Waals surface area contributed by atoms with Crippen molar-refractivity contribution in [1.82, 2.24) is 20.9 Å². The minimum Gasteiger partial charge on any atom is -0.457 e. The molecular formula is C27H25F2N5O3S. The Morgan fingerprint density at radius 2 is 1.97 bits per heavy atom. The van der Waals surface area contributed by atoms with E-state index in [9.17, 15) is 18.4 Å². The summed E-state index contributed by atoms with van der Waals surface area (Å²) >= 11 is 1.23. The van der Waals surface area contributed by atoms with Crippen molar-refractivity contribution in [3.8, 4) is 11.5 Å². The molecular weight excluding hydrogens is 512 g/mol. The van der Waals surface area contributed by atoms with Crippen molar-refractivity contribution in [3.63, 3.8) is 0 Å². The fraction of sp³-hybridized carbons (Fsp3) is 0.296. The van der Waals surface area contributed by atoms with Crippen LogP contribution in [-0.2, 0) is 4.79 Å². The number of rotatable bonds is 5. The summed E-state index contributed by atoms with van der Waals surface area (Å²) in [6.07, 6.45) is 1.19. The molecule has 0 radical (unpaired) electrons. The monoisotopic (exact) mass is 537 g/mol. The maximum absolute atomic E-state index is 13.8. The first-order valence-corrected chi connectivity index (χ1v) is 13.2. The van der Waals surface area contributed by atoms with Gasteiger partial charge in [-0.1, -0.05) is 30.0 Å². The molecule has 1 aromatic heterocycles. The number of amides is 3. The van der Waals surface area contributed by atoms with Gasteiger partial charge in [0.15, 0.2) is 0 Å². The van der Waals surface area contributed by atoms with E-state index in [1.165, 1.54) is 11.8 Å². The van der Waals surface area contributed by atoms with Crippen molar-refractivity contribution in [2.45, 2.75) is 41.6 Å². The number of aryl methyl sites for hydroxylation is 1. The van der Waals surface area contributed by atoms with E-state index in [0.717, 1.165) is 11.1 Å². The third-order valence-electron chi connectivity index (χ3n) is 6.82. The number of thioether (sulfide) groups is 1. The zero-order valence-corrected chi connectivity index (χ0v) is 21.2. The first-order chi connectivity index (χ1) is 18.3. The Hall–Kier alpha value is -3.70. The molecule has 0 saturated carbocycles. The third-order valence-corrected chi connectivity index (χ3v) is 8.11. The van der Waals surface area contributed by atoms with Crippen LogP contribution in [0.4, 0.5) is 25.0 Å². The van der Waals surface area contributed by atoms with Crippen molar-refractivity contribution in [1.29, 1.82) is 0 Å². The smallest absolute Gasteiger partial charge is 0.327 e. The van der Waals surface area contributed by atoms with E-state index < -0.39 is 42.1 Å². The number of carbonyl (C=O) groups is 2. The van der Waals surface area contributed by atoms with Gasteiger partial charge >= 0.3 is 6.03 Å². The Bertz CT molecular complexity index is 1410. The Kier molecular flexibility index (Phi) is 6.19. The molecule has 38 heavy (non-hydrogen) atoms. The number of ether oxygens (including phenoxy) is 1. The summed E-state index contributed by atoms with van der Waals surface area (Å²) in [5.74, 6) is -1.93. The number of aromatic nitrogens is 1. The van der Waals surface area contributed by atoms with Crippen molar-refractivity contribution in [2.75, 3.05) is 18.0 Å². The molecule has 0 aliphatic carbocycles. The number of hydrogen-bond acceptors (Lipinski definition) is 6. The zero-order chi connectivity index (χ0) is 26.4. The Labute approximate surface area is 222 Å². The van der Waals surface area contributed by atoms with Crippen LogP contribution in [0.5, 0.6) is 11.5 Å². The summed E-state index contributed by atoms with van der Waals surface area (Å²) in [6, 6.07) is 15.0. The van der Waals surface area contributed by atoms with E-state index >= 15 is 0 Å².